The number of benzene rings is 3. The van der Waals surface area contributed by atoms with E-state index in [9.17, 15) is 14.7 Å². The van der Waals surface area contributed by atoms with Crippen LogP contribution in [0.5, 0.6) is 5.75 Å². The SMILES string of the molecule is CCN1[C@@H](CC(C)(C)C)[C@@]2(CNc3cc(Cl)ccc32)[C@@H](c2ccccc2F)[C@@H]1C(=O)Nc1ccc(C(=O)O)cc1OC. The molecule has 4 atom stereocenters. The number of nitrogens with one attached hydrogen (secondary N) is 2. The number of carboxylic acids is 1. The van der Waals surface area contributed by atoms with Gasteiger partial charge in [0.05, 0.1) is 24.4 Å². The number of hydrogen-bond acceptors (Lipinski definition) is 5. The minimum atomic E-state index is -1.10. The molecule has 0 saturated carbocycles. The van der Waals surface area contributed by atoms with E-state index in [1.165, 1.54) is 31.4 Å². The second-order valence-electron chi connectivity index (χ2n) is 12.3. The number of likely N-dealkylation sites (tertiary alicyclic amines) is 1. The summed E-state index contributed by atoms with van der Waals surface area (Å²) in [6, 6.07) is 16.0. The number of anilines is 2. The molecule has 9 heteroatoms. The molecular weight excluding hydrogens is 557 g/mol. The molecule has 1 amide bonds. The van der Waals surface area contributed by atoms with Crippen LogP contribution in [0.2, 0.25) is 5.02 Å². The number of ether oxygens (including phenoxy) is 1. The van der Waals surface area contributed by atoms with Gasteiger partial charge in [-0.05, 0) is 65.9 Å². The summed E-state index contributed by atoms with van der Waals surface area (Å²) in [5, 5.41) is 16.6. The summed E-state index contributed by atoms with van der Waals surface area (Å²) in [5.74, 6) is -2.10. The highest BCUT2D eigenvalue weighted by Gasteiger charge is 2.64. The number of rotatable bonds is 7. The van der Waals surface area contributed by atoms with Gasteiger partial charge in [0.25, 0.3) is 0 Å². The Morgan fingerprint density at radius 1 is 1.17 bits per heavy atom. The highest BCUT2D eigenvalue weighted by Crippen LogP contribution is 2.59. The zero-order chi connectivity index (χ0) is 30.4. The van der Waals surface area contributed by atoms with Gasteiger partial charge in [0, 0.05) is 34.6 Å². The van der Waals surface area contributed by atoms with Crippen LogP contribution in [0.4, 0.5) is 15.8 Å². The smallest absolute Gasteiger partial charge is 0.335 e. The molecule has 0 aromatic heterocycles. The van der Waals surface area contributed by atoms with E-state index in [4.69, 9.17) is 16.3 Å². The van der Waals surface area contributed by atoms with Crippen molar-refractivity contribution in [3.8, 4) is 5.75 Å². The Bertz CT molecular complexity index is 1520. The van der Waals surface area contributed by atoms with Crippen molar-refractivity contribution in [3.05, 3.63) is 88.2 Å². The third-order valence-corrected chi connectivity index (χ3v) is 8.90. The summed E-state index contributed by atoms with van der Waals surface area (Å²) < 4.78 is 21.3. The summed E-state index contributed by atoms with van der Waals surface area (Å²) in [6.07, 6.45) is 0.760. The Morgan fingerprint density at radius 2 is 1.90 bits per heavy atom. The lowest BCUT2D eigenvalue weighted by Gasteiger charge is -2.41. The quantitative estimate of drug-likeness (QED) is 0.280. The molecule has 3 aromatic rings. The maximum Gasteiger partial charge on any atom is 0.335 e. The van der Waals surface area contributed by atoms with Crippen molar-refractivity contribution in [2.45, 2.75) is 57.5 Å². The van der Waals surface area contributed by atoms with Gasteiger partial charge >= 0.3 is 5.97 Å². The predicted octanol–water partition coefficient (Wildman–Crippen LogP) is 6.78. The van der Waals surface area contributed by atoms with Crippen molar-refractivity contribution in [1.29, 1.82) is 0 Å². The van der Waals surface area contributed by atoms with Crippen molar-refractivity contribution in [1.82, 2.24) is 4.90 Å². The lowest BCUT2D eigenvalue weighted by molar-refractivity contribution is -0.121. The molecule has 5 rings (SSSR count). The first-order valence-corrected chi connectivity index (χ1v) is 14.6. The molecule has 222 valence electrons. The molecule has 0 radical (unpaired) electrons. The summed E-state index contributed by atoms with van der Waals surface area (Å²) in [4.78, 5) is 28.2. The summed E-state index contributed by atoms with van der Waals surface area (Å²) in [7, 11) is 1.42. The van der Waals surface area contributed by atoms with Gasteiger partial charge in [-0.2, -0.15) is 0 Å². The summed E-state index contributed by atoms with van der Waals surface area (Å²) in [6.45, 7) is 9.64. The number of amides is 1. The lowest BCUT2D eigenvalue weighted by atomic mass is 9.63. The van der Waals surface area contributed by atoms with Crippen LogP contribution in [-0.2, 0) is 10.2 Å². The van der Waals surface area contributed by atoms with E-state index in [1.54, 1.807) is 12.1 Å². The van der Waals surface area contributed by atoms with E-state index >= 15 is 4.39 Å². The fourth-order valence-electron chi connectivity index (χ4n) is 7.06. The Kier molecular flexibility index (Phi) is 7.98. The third-order valence-electron chi connectivity index (χ3n) is 8.66. The molecule has 3 aromatic carbocycles. The van der Waals surface area contributed by atoms with Crippen LogP contribution in [0.1, 0.15) is 61.5 Å². The molecular formula is C33H37ClFN3O4. The summed E-state index contributed by atoms with van der Waals surface area (Å²) >= 11 is 6.40. The molecule has 0 aliphatic carbocycles. The molecule has 0 bridgehead atoms. The first-order valence-electron chi connectivity index (χ1n) is 14.2. The number of nitrogens with zero attached hydrogens (tertiary/aromatic N) is 1. The Balaban J connectivity index is 1.71. The number of carbonyl (C=O) groups excluding carboxylic acids is 1. The Hall–Kier alpha value is -3.62. The minimum absolute atomic E-state index is 0.0432. The summed E-state index contributed by atoms with van der Waals surface area (Å²) in [5.41, 5.74) is 2.04. The van der Waals surface area contributed by atoms with Gasteiger partial charge in [0.1, 0.15) is 11.6 Å². The fourth-order valence-corrected chi connectivity index (χ4v) is 7.23. The van der Waals surface area contributed by atoms with Crippen LogP contribution >= 0.6 is 11.6 Å². The molecule has 0 unspecified atom stereocenters. The van der Waals surface area contributed by atoms with Crippen molar-refractivity contribution in [2.75, 3.05) is 30.8 Å². The van der Waals surface area contributed by atoms with Gasteiger partial charge in [-0.3, -0.25) is 9.69 Å². The van der Waals surface area contributed by atoms with Crippen LogP contribution < -0.4 is 15.4 Å². The fraction of sp³-hybridized carbons (Fsp3) is 0.394. The lowest BCUT2D eigenvalue weighted by Crippen LogP contribution is -2.48. The van der Waals surface area contributed by atoms with Gasteiger partial charge in [-0.1, -0.05) is 63.6 Å². The number of halogens is 2. The van der Waals surface area contributed by atoms with E-state index in [1.807, 2.05) is 31.2 Å². The van der Waals surface area contributed by atoms with Crippen LogP contribution in [0, 0.1) is 11.2 Å². The minimum Gasteiger partial charge on any atom is -0.495 e. The first kappa shape index (κ1) is 29.9. The van der Waals surface area contributed by atoms with Gasteiger partial charge in [-0.25, -0.2) is 9.18 Å². The molecule has 1 saturated heterocycles. The second-order valence-corrected chi connectivity index (χ2v) is 12.8. The Labute approximate surface area is 251 Å². The molecule has 3 N–H and O–H groups in total. The Morgan fingerprint density at radius 3 is 2.55 bits per heavy atom. The average Bonchev–Trinajstić information content (AvgIpc) is 3.43. The maximum absolute atomic E-state index is 15.8. The van der Waals surface area contributed by atoms with Crippen LogP contribution in [0.3, 0.4) is 0 Å². The highest BCUT2D eigenvalue weighted by atomic mass is 35.5. The number of carboxylic acid groups (broad SMARTS) is 1. The molecule has 42 heavy (non-hydrogen) atoms. The van der Waals surface area contributed by atoms with Gasteiger partial charge in [0.2, 0.25) is 5.91 Å². The van der Waals surface area contributed by atoms with Gasteiger partial charge < -0.3 is 20.5 Å². The topological polar surface area (TPSA) is 90.9 Å². The van der Waals surface area contributed by atoms with E-state index in [-0.39, 0.29) is 34.5 Å². The predicted molar refractivity (Wildman–Crippen MR) is 163 cm³/mol. The third kappa shape index (κ3) is 5.11. The van der Waals surface area contributed by atoms with Crippen molar-refractivity contribution < 1.29 is 23.8 Å². The normalized spacial score (nSPS) is 23.5. The number of likely N-dealkylation sites (N-methyl/N-ethyl adjacent to an activating group) is 1. The zero-order valence-electron chi connectivity index (χ0n) is 24.5. The van der Waals surface area contributed by atoms with E-state index in [0.717, 1.165) is 17.7 Å². The largest absolute Gasteiger partial charge is 0.495 e. The number of carbonyl (C=O) groups is 2. The van der Waals surface area contributed by atoms with Crippen molar-refractivity contribution in [2.24, 2.45) is 5.41 Å². The van der Waals surface area contributed by atoms with Crippen LogP contribution in [-0.4, -0.2) is 54.2 Å². The number of aromatic carboxylic acids is 1. The van der Waals surface area contributed by atoms with Gasteiger partial charge in [-0.15, -0.1) is 0 Å². The highest BCUT2D eigenvalue weighted by molar-refractivity contribution is 6.30. The molecule has 1 spiro atoms. The standard InChI is InChI=1S/C33H37ClFN3O4/c1-6-38-27(17-32(2,3)4)33(18-36-25-16-20(34)12-13-22(25)33)28(21-9-7-8-10-23(21)35)29(38)30(39)37-24-14-11-19(31(40)41)15-26(24)42-5/h7-16,27-29,36H,6,17-18H2,1-5H3,(H,37,39)(H,40,41)/t27-,28-,29+,33-/m0/s1. The molecule has 7 nitrogen and oxygen atoms in total. The van der Waals surface area contributed by atoms with Crippen molar-refractivity contribution >= 4 is 34.9 Å². The average molecular weight is 594 g/mol. The van der Waals surface area contributed by atoms with E-state index < -0.39 is 23.3 Å². The van der Waals surface area contributed by atoms with E-state index in [2.05, 4.69) is 36.3 Å². The molecule has 2 aliphatic heterocycles. The van der Waals surface area contributed by atoms with Crippen molar-refractivity contribution in [3.63, 3.8) is 0 Å². The first-order chi connectivity index (χ1) is 19.9. The van der Waals surface area contributed by atoms with Crippen LogP contribution in [0.25, 0.3) is 0 Å². The van der Waals surface area contributed by atoms with Gasteiger partial charge in [0.15, 0.2) is 0 Å². The number of methoxy groups -OCH3 is 1. The zero-order valence-corrected chi connectivity index (χ0v) is 25.3. The monoisotopic (exact) mass is 593 g/mol. The van der Waals surface area contributed by atoms with Crippen LogP contribution in [0.15, 0.2) is 60.7 Å². The molecule has 2 aliphatic rings. The number of hydrogen-bond donors (Lipinski definition) is 3. The second kappa shape index (κ2) is 11.2. The van der Waals surface area contributed by atoms with E-state index in [0.29, 0.717) is 29.4 Å². The maximum atomic E-state index is 15.8. The number of fused-ring (bicyclic) bond motifs is 2. The molecule has 2 heterocycles. The molecule has 1 fully saturated rings.